The van der Waals surface area contributed by atoms with Gasteiger partial charge >= 0.3 is 6.03 Å². The summed E-state index contributed by atoms with van der Waals surface area (Å²) < 4.78 is 10.7. The lowest BCUT2D eigenvalue weighted by atomic mass is 10.1. The molecule has 7 heteroatoms. The largest absolute Gasteiger partial charge is 0.493 e. The second-order valence-corrected chi connectivity index (χ2v) is 5.10. The first-order valence-electron chi connectivity index (χ1n) is 7.49. The molecule has 0 bridgehead atoms. The van der Waals surface area contributed by atoms with E-state index in [2.05, 4.69) is 5.32 Å². The number of hydrogen-bond donors (Lipinski definition) is 1. The van der Waals surface area contributed by atoms with Crippen molar-refractivity contribution >= 4 is 17.8 Å². The standard InChI is InChI=1S/C16H20N2O5/c1-3-23-13-9-11(6-7-12(13)22-2)5-4-8-18-15(20)10-14(19)17-16(18)21/h6-7,9H,3-5,8,10H2,1-2H3,(H,17,19,21). The molecule has 0 aromatic heterocycles. The number of urea groups is 1. The fourth-order valence-electron chi connectivity index (χ4n) is 2.39. The van der Waals surface area contributed by atoms with Crippen LogP contribution in [-0.4, -0.2) is 43.0 Å². The molecular formula is C16H20N2O5. The monoisotopic (exact) mass is 320 g/mol. The Hall–Kier alpha value is -2.57. The van der Waals surface area contributed by atoms with Crippen molar-refractivity contribution in [3.63, 3.8) is 0 Å². The second-order valence-electron chi connectivity index (χ2n) is 5.10. The summed E-state index contributed by atoms with van der Waals surface area (Å²) in [5.41, 5.74) is 1.02. The molecule has 2 rings (SSSR count). The van der Waals surface area contributed by atoms with Gasteiger partial charge in [-0.3, -0.25) is 19.8 Å². The molecule has 0 unspecified atom stereocenters. The lowest BCUT2D eigenvalue weighted by molar-refractivity contribution is -0.136. The van der Waals surface area contributed by atoms with Gasteiger partial charge in [0, 0.05) is 6.54 Å². The van der Waals surface area contributed by atoms with Crippen molar-refractivity contribution < 1.29 is 23.9 Å². The average molecular weight is 320 g/mol. The van der Waals surface area contributed by atoms with Crippen LogP contribution < -0.4 is 14.8 Å². The van der Waals surface area contributed by atoms with Crippen molar-refractivity contribution in [1.82, 2.24) is 10.2 Å². The Bertz CT molecular complexity index is 594. The Labute approximate surface area is 134 Å². The Kier molecular flexibility index (Phi) is 5.56. The molecule has 1 saturated heterocycles. The Balaban J connectivity index is 1.93. The summed E-state index contributed by atoms with van der Waals surface area (Å²) in [5, 5.41) is 2.14. The molecule has 1 aromatic rings. The molecule has 1 fully saturated rings. The highest BCUT2D eigenvalue weighted by Gasteiger charge is 2.29. The third-order valence-corrected chi connectivity index (χ3v) is 3.48. The molecule has 0 atom stereocenters. The summed E-state index contributed by atoms with van der Waals surface area (Å²) >= 11 is 0. The normalized spacial score (nSPS) is 14.7. The van der Waals surface area contributed by atoms with Crippen LogP contribution in [0, 0.1) is 0 Å². The highest BCUT2D eigenvalue weighted by molar-refractivity contribution is 6.14. The maximum atomic E-state index is 11.7. The van der Waals surface area contributed by atoms with Crippen LogP contribution in [-0.2, 0) is 16.0 Å². The predicted molar refractivity (Wildman–Crippen MR) is 82.4 cm³/mol. The van der Waals surface area contributed by atoms with Crippen molar-refractivity contribution in [2.75, 3.05) is 20.3 Å². The molecule has 7 nitrogen and oxygen atoms in total. The number of nitrogens with zero attached hydrogens (tertiary/aromatic N) is 1. The summed E-state index contributed by atoms with van der Waals surface area (Å²) in [6, 6.07) is 5.00. The fourth-order valence-corrected chi connectivity index (χ4v) is 2.39. The van der Waals surface area contributed by atoms with Crippen LogP contribution in [0.2, 0.25) is 0 Å². The average Bonchev–Trinajstić information content (AvgIpc) is 2.50. The number of carbonyl (C=O) groups excluding carboxylic acids is 3. The first-order chi connectivity index (χ1) is 11.0. The lowest BCUT2D eigenvalue weighted by Gasteiger charge is -2.24. The number of carbonyl (C=O) groups is 3. The maximum Gasteiger partial charge on any atom is 0.330 e. The number of ether oxygens (including phenoxy) is 2. The highest BCUT2D eigenvalue weighted by Crippen LogP contribution is 2.28. The van der Waals surface area contributed by atoms with E-state index in [1.807, 2.05) is 25.1 Å². The molecule has 4 amide bonds. The lowest BCUT2D eigenvalue weighted by Crippen LogP contribution is -2.52. The second kappa shape index (κ2) is 7.62. The van der Waals surface area contributed by atoms with E-state index < -0.39 is 17.8 Å². The number of nitrogens with one attached hydrogen (secondary N) is 1. The maximum absolute atomic E-state index is 11.7. The smallest absolute Gasteiger partial charge is 0.330 e. The van der Waals surface area contributed by atoms with Crippen LogP contribution in [0.1, 0.15) is 25.3 Å². The summed E-state index contributed by atoms with van der Waals surface area (Å²) in [7, 11) is 1.58. The molecule has 1 N–H and O–H groups in total. The fraction of sp³-hybridized carbons (Fsp3) is 0.438. The van der Waals surface area contributed by atoms with Crippen molar-refractivity contribution in [2.45, 2.75) is 26.2 Å². The minimum Gasteiger partial charge on any atom is -0.493 e. The van der Waals surface area contributed by atoms with Gasteiger partial charge in [-0.15, -0.1) is 0 Å². The van der Waals surface area contributed by atoms with E-state index >= 15 is 0 Å². The molecule has 1 aromatic carbocycles. The molecule has 23 heavy (non-hydrogen) atoms. The van der Waals surface area contributed by atoms with Gasteiger partial charge < -0.3 is 9.47 Å². The van der Waals surface area contributed by atoms with Crippen molar-refractivity contribution in [2.24, 2.45) is 0 Å². The number of benzene rings is 1. The molecule has 1 aliphatic heterocycles. The van der Waals surface area contributed by atoms with Gasteiger partial charge in [-0.2, -0.15) is 0 Å². The summed E-state index contributed by atoms with van der Waals surface area (Å²) in [6.07, 6.45) is 1.00. The van der Waals surface area contributed by atoms with E-state index in [4.69, 9.17) is 9.47 Å². The molecule has 0 aliphatic carbocycles. The predicted octanol–water partition coefficient (Wildman–Crippen LogP) is 1.49. The van der Waals surface area contributed by atoms with Gasteiger partial charge in [0.15, 0.2) is 11.5 Å². The Morgan fingerprint density at radius 3 is 2.65 bits per heavy atom. The zero-order chi connectivity index (χ0) is 16.8. The van der Waals surface area contributed by atoms with Crippen molar-refractivity contribution in [1.29, 1.82) is 0 Å². The van der Waals surface area contributed by atoms with E-state index in [0.29, 0.717) is 30.9 Å². The SMILES string of the molecule is CCOc1cc(CCCN2C(=O)CC(=O)NC2=O)ccc1OC. The Morgan fingerprint density at radius 2 is 2.00 bits per heavy atom. The van der Waals surface area contributed by atoms with E-state index in [9.17, 15) is 14.4 Å². The first-order valence-corrected chi connectivity index (χ1v) is 7.49. The molecule has 124 valence electrons. The Morgan fingerprint density at radius 1 is 1.22 bits per heavy atom. The van der Waals surface area contributed by atoms with Crippen LogP contribution in [0.3, 0.4) is 0 Å². The van der Waals surface area contributed by atoms with Gasteiger partial charge in [-0.1, -0.05) is 6.07 Å². The van der Waals surface area contributed by atoms with Gasteiger partial charge in [0.2, 0.25) is 11.8 Å². The van der Waals surface area contributed by atoms with Crippen LogP contribution in [0.15, 0.2) is 18.2 Å². The zero-order valence-corrected chi connectivity index (χ0v) is 13.3. The molecule has 0 radical (unpaired) electrons. The number of barbiturate groups is 1. The number of amides is 4. The van der Waals surface area contributed by atoms with E-state index in [1.54, 1.807) is 7.11 Å². The van der Waals surface area contributed by atoms with Crippen molar-refractivity contribution in [3.05, 3.63) is 23.8 Å². The number of methoxy groups -OCH3 is 1. The number of rotatable bonds is 7. The van der Waals surface area contributed by atoms with E-state index in [0.717, 1.165) is 10.5 Å². The molecule has 1 aliphatic rings. The van der Waals surface area contributed by atoms with Crippen LogP contribution in [0.5, 0.6) is 11.5 Å². The van der Waals surface area contributed by atoms with E-state index in [-0.39, 0.29) is 13.0 Å². The summed E-state index contributed by atoms with van der Waals surface area (Å²) in [6.45, 7) is 2.71. The van der Waals surface area contributed by atoms with Crippen LogP contribution in [0.25, 0.3) is 0 Å². The van der Waals surface area contributed by atoms with Gasteiger partial charge in [-0.25, -0.2) is 4.79 Å². The van der Waals surface area contributed by atoms with Crippen molar-refractivity contribution in [3.8, 4) is 11.5 Å². The number of imide groups is 2. The third kappa shape index (κ3) is 4.21. The van der Waals surface area contributed by atoms with Gasteiger partial charge in [-0.05, 0) is 37.5 Å². The number of aryl methyl sites for hydroxylation is 1. The molecular weight excluding hydrogens is 300 g/mol. The highest BCUT2D eigenvalue weighted by atomic mass is 16.5. The van der Waals surface area contributed by atoms with Gasteiger partial charge in [0.25, 0.3) is 0 Å². The van der Waals surface area contributed by atoms with Gasteiger partial charge in [0.1, 0.15) is 6.42 Å². The summed E-state index contributed by atoms with van der Waals surface area (Å²) in [5.74, 6) is 0.334. The van der Waals surface area contributed by atoms with E-state index in [1.165, 1.54) is 0 Å². The molecule has 1 heterocycles. The molecule has 0 saturated carbocycles. The minimum absolute atomic E-state index is 0.272. The topological polar surface area (TPSA) is 84.9 Å². The summed E-state index contributed by atoms with van der Waals surface area (Å²) in [4.78, 5) is 35.5. The zero-order valence-electron chi connectivity index (χ0n) is 13.3. The third-order valence-electron chi connectivity index (χ3n) is 3.48. The number of hydrogen-bond acceptors (Lipinski definition) is 5. The van der Waals surface area contributed by atoms with Crippen LogP contribution >= 0.6 is 0 Å². The first kappa shape index (κ1) is 16.8. The quantitative estimate of drug-likeness (QED) is 0.770. The van der Waals surface area contributed by atoms with Crippen LogP contribution in [0.4, 0.5) is 4.79 Å². The molecule has 0 spiro atoms. The minimum atomic E-state index is -0.643. The van der Waals surface area contributed by atoms with Gasteiger partial charge in [0.05, 0.1) is 13.7 Å².